The highest BCUT2D eigenvalue weighted by atomic mass is 32.2. The van der Waals surface area contributed by atoms with Crippen molar-refractivity contribution in [3.8, 4) is 22.5 Å². The molecule has 0 aromatic heterocycles. The summed E-state index contributed by atoms with van der Waals surface area (Å²) in [5, 5.41) is 0. The van der Waals surface area contributed by atoms with Gasteiger partial charge in [0.2, 0.25) is 0 Å². The van der Waals surface area contributed by atoms with Gasteiger partial charge in [0, 0.05) is 17.9 Å². The highest BCUT2D eigenvalue weighted by molar-refractivity contribution is 7.90. The first kappa shape index (κ1) is 14.5. The number of benzene rings is 1. The van der Waals surface area contributed by atoms with Crippen LogP contribution in [0, 0.1) is 6.92 Å². The summed E-state index contributed by atoms with van der Waals surface area (Å²) in [5.41, 5.74) is 2.43. The maximum atomic E-state index is 12.2. The smallest absolute Gasteiger partial charge is 0.344 e. The Balaban J connectivity index is 2.26. The molecule has 0 amide bonds. The Bertz CT molecular complexity index is 966. The highest BCUT2D eigenvalue weighted by Crippen LogP contribution is 2.32. The molecule has 0 saturated heterocycles. The average molecular weight is 314 g/mol. The third kappa shape index (κ3) is 2.55. The van der Waals surface area contributed by atoms with Crippen molar-refractivity contribution in [2.45, 2.75) is 11.8 Å². The summed E-state index contributed by atoms with van der Waals surface area (Å²) in [6.07, 6.45) is 1.12. The fraction of sp³-hybridized carbons (Fsp3) is 0.118. The Morgan fingerprint density at radius 3 is 2.32 bits per heavy atom. The molecule has 0 saturated carbocycles. The average Bonchev–Trinajstić information content (AvgIpc) is 2.61. The van der Waals surface area contributed by atoms with Crippen LogP contribution in [0.25, 0.3) is 22.5 Å². The minimum Gasteiger partial charge on any atom is -0.422 e. The third-order valence-corrected chi connectivity index (χ3v) is 4.62. The van der Waals surface area contributed by atoms with Crippen LogP contribution in [0.4, 0.5) is 0 Å². The quantitative estimate of drug-likeness (QED) is 0.729. The first-order valence-corrected chi connectivity index (χ1v) is 8.59. The molecule has 0 N–H and O–H groups in total. The zero-order valence-corrected chi connectivity index (χ0v) is 13.0. The van der Waals surface area contributed by atoms with Gasteiger partial charge in [-0.2, -0.15) is 0 Å². The number of furan rings is 1. The summed E-state index contributed by atoms with van der Waals surface area (Å²) in [7, 11) is -3.37. The lowest BCUT2D eigenvalue weighted by Crippen LogP contribution is -1.96. The van der Waals surface area contributed by atoms with Gasteiger partial charge in [0.15, 0.2) is 9.84 Å². The van der Waals surface area contributed by atoms with Gasteiger partial charge in [0.05, 0.1) is 10.5 Å². The minimum absolute atomic E-state index is 0.117. The summed E-state index contributed by atoms with van der Waals surface area (Å²) in [4.78, 5) is 12.3. The molecular formula is C17H14O4S. The Labute approximate surface area is 128 Å². The maximum Gasteiger partial charge on any atom is 0.344 e. The van der Waals surface area contributed by atoms with E-state index in [1.54, 1.807) is 12.1 Å². The second kappa shape index (κ2) is 5.10. The lowest BCUT2D eigenvalue weighted by atomic mass is 10.0. The van der Waals surface area contributed by atoms with Gasteiger partial charge in [-0.15, -0.1) is 0 Å². The summed E-state index contributed by atoms with van der Waals surface area (Å²) in [6.45, 7) is 1.97. The van der Waals surface area contributed by atoms with Crippen LogP contribution in [0.2, 0.25) is 0 Å². The fourth-order valence-electron chi connectivity index (χ4n) is 2.35. The molecule has 1 heterocycles. The number of sulfone groups is 1. The molecule has 0 spiro atoms. The van der Waals surface area contributed by atoms with Crippen LogP contribution in [-0.4, -0.2) is 14.7 Å². The Hall–Kier alpha value is -2.40. The van der Waals surface area contributed by atoms with Crippen LogP contribution >= 0.6 is 0 Å². The minimum atomic E-state index is -3.37. The number of fused-ring (bicyclic) bond motifs is 1. The van der Waals surface area contributed by atoms with Crippen molar-refractivity contribution in [2.75, 3.05) is 6.26 Å². The second-order valence-corrected chi connectivity index (χ2v) is 7.27. The van der Waals surface area contributed by atoms with Gasteiger partial charge < -0.3 is 4.42 Å². The number of hydrogen-bond donors (Lipinski definition) is 0. The molecule has 112 valence electrons. The second-order valence-electron chi connectivity index (χ2n) is 5.25. The van der Waals surface area contributed by atoms with Gasteiger partial charge in [-0.25, -0.2) is 13.2 Å². The van der Waals surface area contributed by atoms with Gasteiger partial charge in [0.25, 0.3) is 0 Å². The zero-order valence-electron chi connectivity index (χ0n) is 12.2. The van der Waals surface area contributed by atoms with E-state index in [-0.39, 0.29) is 10.7 Å². The zero-order chi connectivity index (χ0) is 15.9. The number of hydrogen-bond acceptors (Lipinski definition) is 4. The van der Waals surface area contributed by atoms with Crippen LogP contribution in [0.1, 0.15) is 5.56 Å². The summed E-state index contributed by atoms with van der Waals surface area (Å²) in [6, 6.07) is 13.7. The molecule has 22 heavy (non-hydrogen) atoms. The molecule has 0 unspecified atom stereocenters. The summed E-state index contributed by atoms with van der Waals surface area (Å²) in [5.74, 6) is 0.269. The first-order chi connectivity index (χ1) is 10.4. The third-order valence-electron chi connectivity index (χ3n) is 3.51. The van der Waals surface area contributed by atoms with Crippen LogP contribution in [0.15, 0.2) is 62.6 Å². The van der Waals surface area contributed by atoms with Crippen LogP contribution in [-0.2, 0) is 9.84 Å². The van der Waals surface area contributed by atoms with Crippen molar-refractivity contribution in [3.05, 3.63) is 64.5 Å². The van der Waals surface area contributed by atoms with E-state index in [2.05, 4.69) is 0 Å². The maximum absolute atomic E-state index is 12.2. The van der Waals surface area contributed by atoms with Crippen molar-refractivity contribution in [1.82, 2.24) is 0 Å². The Morgan fingerprint density at radius 1 is 1.00 bits per heavy atom. The van der Waals surface area contributed by atoms with E-state index >= 15 is 0 Å². The van der Waals surface area contributed by atoms with Gasteiger partial charge in [-0.05, 0) is 18.6 Å². The molecule has 5 heteroatoms. The normalized spacial score (nSPS) is 11.7. The topological polar surface area (TPSA) is 64.3 Å². The standard InChI is InChI=1S/C17H14O4S/c1-11-6-8-12(9-7-11)16-14-5-3-4-13(22(2,19)20)10-15(14)21-17(16)18/h3-10H,1-2H3. The summed E-state index contributed by atoms with van der Waals surface area (Å²) >= 11 is 0. The lowest BCUT2D eigenvalue weighted by molar-refractivity contribution is 0.544. The highest BCUT2D eigenvalue weighted by Gasteiger charge is 2.20. The molecule has 3 rings (SSSR count). The SMILES string of the molecule is Cc1ccc(-c2c3cccc(S(C)(=O)=O)cc-3oc2=O)cc1. The van der Waals surface area contributed by atoms with Crippen LogP contribution < -0.4 is 5.63 Å². The number of aryl methyl sites for hydroxylation is 1. The molecule has 4 nitrogen and oxygen atoms in total. The predicted molar refractivity (Wildman–Crippen MR) is 84.9 cm³/mol. The van der Waals surface area contributed by atoms with Crippen molar-refractivity contribution in [1.29, 1.82) is 0 Å². The molecule has 1 aromatic rings. The van der Waals surface area contributed by atoms with Gasteiger partial charge in [0.1, 0.15) is 5.76 Å². The monoisotopic (exact) mass is 314 g/mol. The number of rotatable bonds is 2. The molecule has 2 aliphatic rings. The lowest BCUT2D eigenvalue weighted by Gasteiger charge is -1.99. The largest absolute Gasteiger partial charge is 0.422 e. The molecule has 0 atom stereocenters. The van der Waals surface area contributed by atoms with Crippen LogP contribution in [0.3, 0.4) is 0 Å². The van der Waals surface area contributed by atoms with Crippen molar-refractivity contribution >= 4 is 9.84 Å². The molecule has 0 fully saturated rings. The fourth-order valence-corrected chi connectivity index (χ4v) is 3.00. The van der Waals surface area contributed by atoms with E-state index in [9.17, 15) is 13.2 Å². The van der Waals surface area contributed by atoms with E-state index in [1.807, 2.05) is 31.2 Å². The molecule has 1 aliphatic heterocycles. The van der Waals surface area contributed by atoms with Gasteiger partial charge in [-0.3, -0.25) is 0 Å². The Kier molecular flexibility index (Phi) is 3.37. The van der Waals surface area contributed by atoms with Crippen molar-refractivity contribution in [3.63, 3.8) is 0 Å². The summed E-state index contributed by atoms with van der Waals surface area (Å²) < 4.78 is 28.6. The van der Waals surface area contributed by atoms with Crippen molar-refractivity contribution < 1.29 is 12.8 Å². The Morgan fingerprint density at radius 2 is 1.68 bits per heavy atom. The van der Waals surface area contributed by atoms with E-state index in [0.29, 0.717) is 11.1 Å². The molecule has 1 aliphatic carbocycles. The van der Waals surface area contributed by atoms with E-state index in [1.165, 1.54) is 12.1 Å². The predicted octanol–water partition coefficient (Wildman–Crippen LogP) is 3.12. The van der Waals surface area contributed by atoms with E-state index in [4.69, 9.17) is 4.42 Å². The van der Waals surface area contributed by atoms with Gasteiger partial charge >= 0.3 is 5.63 Å². The first-order valence-electron chi connectivity index (χ1n) is 6.70. The van der Waals surface area contributed by atoms with E-state index in [0.717, 1.165) is 17.4 Å². The molecule has 1 aromatic carbocycles. The van der Waals surface area contributed by atoms with Gasteiger partial charge in [-0.1, -0.05) is 42.0 Å². The van der Waals surface area contributed by atoms with Crippen LogP contribution in [0.5, 0.6) is 0 Å². The van der Waals surface area contributed by atoms with Crippen molar-refractivity contribution in [2.24, 2.45) is 0 Å². The molecule has 0 bridgehead atoms. The molecular weight excluding hydrogens is 300 g/mol. The molecule has 0 radical (unpaired) electrons. The van der Waals surface area contributed by atoms with E-state index < -0.39 is 15.5 Å².